The quantitative estimate of drug-likeness (QED) is 0.692. The van der Waals surface area contributed by atoms with E-state index in [4.69, 9.17) is 0 Å². The average Bonchev–Trinajstić information content (AvgIpc) is 2.97. The Hall–Kier alpha value is -2.40. The summed E-state index contributed by atoms with van der Waals surface area (Å²) in [5.41, 5.74) is 0.619. The molecule has 0 atom stereocenters. The molecule has 0 saturated carbocycles. The zero-order valence-electron chi connectivity index (χ0n) is 12.4. The van der Waals surface area contributed by atoms with E-state index in [-0.39, 0.29) is 10.6 Å². The summed E-state index contributed by atoms with van der Waals surface area (Å²) in [7, 11) is -3.78. The predicted octanol–water partition coefficient (Wildman–Crippen LogP) is 3.72. The van der Waals surface area contributed by atoms with Gasteiger partial charge in [-0.15, -0.1) is 0 Å². The highest BCUT2D eigenvalue weighted by Gasteiger charge is 2.22. The molecular weight excluding hydrogens is 298 g/mol. The zero-order valence-corrected chi connectivity index (χ0v) is 13.2. The Morgan fingerprint density at radius 2 is 1.50 bits per heavy atom. The van der Waals surface area contributed by atoms with Crippen LogP contribution in [0.3, 0.4) is 0 Å². The first kappa shape index (κ1) is 16.0. The molecule has 2 aromatic carbocycles. The lowest BCUT2D eigenvalue weighted by molar-refractivity contribution is 0.111. The molecule has 0 aliphatic rings. The minimum atomic E-state index is -3.78. The summed E-state index contributed by atoms with van der Waals surface area (Å²) in [6.07, 6.45) is 0.556. The Kier molecular flexibility index (Phi) is 4.78. The molecule has 0 unspecified atom stereocenters. The van der Waals surface area contributed by atoms with E-state index >= 15 is 0 Å². The summed E-state index contributed by atoms with van der Waals surface area (Å²) in [5.74, 6) is 0. The number of fused-ring (bicyclic) bond motifs is 1. The number of benzene rings is 2. The molecule has 3 aromatic rings. The van der Waals surface area contributed by atoms with Gasteiger partial charge in [-0.3, -0.25) is 4.79 Å². The molecule has 22 heavy (non-hydrogen) atoms. The van der Waals surface area contributed by atoms with E-state index in [0.29, 0.717) is 17.2 Å². The number of carbonyl (C=O) groups is 1. The topological polar surface area (TPSA) is 56.1 Å². The molecule has 114 valence electrons. The number of carbonyl (C=O) groups excluding carboxylic acids is 1. The highest BCUT2D eigenvalue weighted by atomic mass is 32.2. The second-order valence-electron chi connectivity index (χ2n) is 4.33. The maximum atomic E-state index is 12.7. The highest BCUT2D eigenvalue weighted by molar-refractivity contribution is 7.90. The molecule has 0 amide bonds. The Labute approximate surface area is 130 Å². The van der Waals surface area contributed by atoms with E-state index in [2.05, 4.69) is 0 Å². The molecule has 0 radical (unpaired) electrons. The number of para-hydroxylation sites is 1. The standard InChI is InChI=1S/C15H11NO3S.C2H6/c17-11-13-10-12-6-4-5-9-15(12)16(13)20(18,19)14-7-2-1-3-8-14;1-2/h1-11H;1-2H3. The molecule has 0 N–H and O–H groups in total. The van der Waals surface area contributed by atoms with Crippen LogP contribution in [0.5, 0.6) is 0 Å². The fourth-order valence-corrected chi connectivity index (χ4v) is 3.71. The Morgan fingerprint density at radius 3 is 2.14 bits per heavy atom. The van der Waals surface area contributed by atoms with Gasteiger partial charge < -0.3 is 0 Å². The monoisotopic (exact) mass is 315 g/mol. The summed E-state index contributed by atoms with van der Waals surface area (Å²) in [6, 6.07) is 16.7. The fraction of sp³-hybridized carbons (Fsp3) is 0.118. The van der Waals surface area contributed by atoms with Gasteiger partial charge >= 0.3 is 0 Å². The van der Waals surface area contributed by atoms with Gasteiger partial charge in [-0.25, -0.2) is 12.4 Å². The summed E-state index contributed by atoms with van der Waals surface area (Å²) in [5, 5.41) is 0.717. The van der Waals surface area contributed by atoms with Crippen molar-refractivity contribution < 1.29 is 13.2 Å². The van der Waals surface area contributed by atoms with Crippen LogP contribution in [-0.4, -0.2) is 18.7 Å². The van der Waals surface area contributed by atoms with Crippen LogP contribution < -0.4 is 0 Å². The summed E-state index contributed by atoms with van der Waals surface area (Å²) in [4.78, 5) is 11.3. The van der Waals surface area contributed by atoms with E-state index < -0.39 is 10.0 Å². The van der Waals surface area contributed by atoms with Crippen molar-refractivity contribution >= 4 is 27.2 Å². The summed E-state index contributed by atoms with van der Waals surface area (Å²) < 4.78 is 26.5. The largest absolute Gasteiger partial charge is 0.296 e. The lowest BCUT2D eigenvalue weighted by atomic mass is 10.2. The zero-order chi connectivity index (χ0) is 16.2. The van der Waals surface area contributed by atoms with Crippen LogP contribution >= 0.6 is 0 Å². The van der Waals surface area contributed by atoms with Crippen LogP contribution in [-0.2, 0) is 10.0 Å². The molecule has 1 aromatic heterocycles. The van der Waals surface area contributed by atoms with Gasteiger partial charge in [-0.05, 0) is 24.3 Å². The first-order valence-corrected chi connectivity index (χ1v) is 8.45. The Balaban J connectivity index is 0.000000847. The first-order valence-electron chi connectivity index (χ1n) is 7.01. The van der Waals surface area contributed by atoms with Crippen molar-refractivity contribution in [1.29, 1.82) is 0 Å². The third kappa shape index (κ3) is 2.67. The van der Waals surface area contributed by atoms with E-state index in [1.54, 1.807) is 48.5 Å². The maximum absolute atomic E-state index is 12.7. The van der Waals surface area contributed by atoms with Crippen LogP contribution in [0.2, 0.25) is 0 Å². The van der Waals surface area contributed by atoms with Gasteiger partial charge in [-0.1, -0.05) is 50.2 Å². The van der Waals surface area contributed by atoms with Crippen molar-refractivity contribution in [1.82, 2.24) is 3.97 Å². The molecule has 0 bridgehead atoms. The molecule has 0 aliphatic heterocycles. The molecule has 0 spiro atoms. The minimum absolute atomic E-state index is 0.120. The summed E-state index contributed by atoms with van der Waals surface area (Å²) in [6.45, 7) is 4.00. The Morgan fingerprint density at radius 1 is 0.909 bits per heavy atom. The molecular formula is C17H17NO3S. The van der Waals surface area contributed by atoms with Gasteiger partial charge in [0.05, 0.1) is 16.1 Å². The van der Waals surface area contributed by atoms with Crippen molar-refractivity contribution in [3.63, 3.8) is 0 Å². The smallest absolute Gasteiger partial charge is 0.268 e. The molecule has 3 rings (SSSR count). The van der Waals surface area contributed by atoms with Gasteiger partial charge in [0.2, 0.25) is 0 Å². The van der Waals surface area contributed by atoms with Gasteiger partial charge in [-0.2, -0.15) is 0 Å². The van der Waals surface area contributed by atoms with Crippen molar-refractivity contribution in [2.24, 2.45) is 0 Å². The second-order valence-corrected chi connectivity index (χ2v) is 6.12. The third-order valence-electron chi connectivity index (χ3n) is 3.10. The number of aldehydes is 1. The van der Waals surface area contributed by atoms with Crippen LogP contribution in [0.1, 0.15) is 24.3 Å². The van der Waals surface area contributed by atoms with E-state index in [0.717, 1.165) is 3.97 Å². The highest BCUT2D eigenvalue weighted by Crippen LogP contribution is 2.24. The normalized spacial score (nSPS) is 10.8. The summed E-state index contributed by atoms with van der Waals surface area (Å²) >= 11 is 0. The second kappa shape index (κ2) is 6.58. The van der Waals surface area contributed by atoms with E-state index in [1.165, 1.54) is 12.1 Å². The molecule has 0 saturated heterocycles. The van der Waals surface area contributed by atoms with E-state index in [1.807, 2.05) is 13.8 Å². The van der Waals surface area contributed by atoms with Crippen molar-refractivity contribution in [3.05, 3.63) is 66.4 Å². The van der Waals surface area contributed by atoms with Crippen LogP contribution in [0, 0.1) is 0 Å². The van der Waals surface area contributed by atoms with Crippen molar-refractivity contribution in [3.8, 4) is 0 Å². The SMILES string of the molecule is CC.O=Cc1cc2ccccc2n1S(=O)(=O)c1ccccc1. The number of hydrogen-bond donors (Lipinski definition) is 0. The molecule has 0 fully saturated rings. The van der Waals surface area contributed by atoms with Crippen molar-refractivity contribution in [2.75, 3.05) is 0 Å². The lowest BCUT2D eigenvalue weighted by Crippen LogP contribution is -2.15. The van der Waals surface area contributed by atoms with Crippen LogP contribution in [0.25, 0.3) is 10.9 Å². The third-order valence-corrected chi connectivity index (χ3v) is 4.85. The predicted molar refractivity (Wildman–Crippen MR) is 87.7 cm³/mol. The minimum Gasteiger partial charge on any atom is -0.296 e. The number of hydrogen-bond acceptors (Lipinski definition) is 3. The van der Waals surface area contributed by atoms with Gasteiger partial charge in [0.1, 0.15) is 0 Å². The van der Waals surface area contributed by atoms with Crippen molar-refractivity contribution in [2.45, 2.75) is 18.7 Å². The first-order chi connectivity index (χ1) is 10.6. The number of nitrogens with zero attached hydrogens (tertiary/aromatic N) is 1. The van der Waals surface area contributed by atoms with Gasteiger partial charge in [0, 0.05) is 5.39 Å². The average molecular weight is 315 g/mol. The lowest BCUT2D eigenvalue weighted by Gasteiger charge is -2.09. The Bertz CT molecular complexity index is 881. The molecule has 4 nitrogen and oxygen atoms in total. The molecule has 0 aliphatic carbocycles. The van der Waals surface area contributed by atoms with Crippen LogP contribution in [0.15, 0.2) is 65.6 Å². The number of rotatable bonds is 3. The molecule has 5 heteroatoms. The maximum Gasteiger partial charge on any atom is 0.268 e. The molecule has 1 heterocycles. The van der Waals surface area contributed by atoms with Crippen LogP contribution in [0.4, 0.5) is 0 Å². The van der Waals surface area contributed by atoms with Gasteiger partial charge in [0.15, 0.2) is 6.29 Å². The van der Waals surface area contributed by atoms with E-state index in [9.17, 15) is 13.2 Å². The number of aromatic nitrogens is 1. The van der Waals surface area contributed by atoms with Gasteiger partial charge in [0.25, 0.3) is 10.0 Å². The fourth-order valence-electron chi connectivity index (χ4n) is 2.20.